The topological polar surface area (TPSA) is 91.6 Å². The molecule has 4 heterocycles. The highest BCUT2D eigenvalue weighted by Gasteiger charge is 2.37. The number of piperidine rings is 2. The fraction of sp³-hybridized carbons (Fsp3) is 0.615. The molecule has 1 aromatic carbocycles. The number of nitrogens with one attached hydrogen (secondary N) is 1. The van der Waals surface area contributed by atoms with Gasteiger partial charge in [0.2, 0.25) is 23.5 Å². The SMILES string of the molecule is O=C(CCC[C@H]1NC[C@@H]2C[C@@H]1CN(C(=O)CCc1nc(-c3ccccc3)no1)C2)N1CCCC1. The van der Waals surface area contributed by atoms with Crippen LogP contribution in [0.2, 0.25) is 0 Å². The van der Waals surface area contributed by atoms with Gasteiger partial charge >= 0.3 is 0 Å². The second-order valence-electron chi connectivity index (χ2n) is 10.0. The minimum Gasteiger partial charge on any atom is -0.343 e. The molecule has 3 fully saturated rings. The summed E-state index contributed by atoms with van der Waals surface area (Å²) in [6, 6.07) is 10.1. The standard InChI is InChI=1S/C26H35N5O3/c32-24(30-13-4-5-14-30)10-6-9-22-21-15-19(16-27-22)17-31(18-21)25(33)12-11-23-28-26(29-34-23)20-7-2-1-3-8-20/h1-3,7-8,19,21-22,27H,4-6,9-18H2/t19-,21+,22+/m0/s1. The lowest BCUT2D eigenvalue weighted by Crippen LogP contribution is -2.57. The van der Waals surface area contributed by atoms with Crippen molar-refractivity contribution in [3.8, 4) is 11.4 Å². The third-order valence-electron chi connectivity index (χ3n) is 7.58. The van der Waals surface area contributed by atoms with Crippen LogP contribution in [-0.2, 0) is 16.0 Å². The Kier molecular flexibility index (Phi) is 7.23. The van der Waals surface area contributed by atoms with Crippen LogP contribution in [0.5, 0.6) is 0 Å². The summed E-state index contributed by atoms with van der Waals surface area (Å²) >= 11 is 0. The number of hydrogen-bond acceptors (Lipinski definition) is 6. The van der Waals surface area contributed by atoms with Crippen molar-refractivity contribution in [2.24, 2.45) is 11.8 Å². The summed E-state index contributed by atoms with van der Waals surface area (Å²) in [5, 5.41) is 7.76. The van der Waals surface area contributed by atoms with E-state index in [4.69, 9.17) is 4.52 Å². The molecule has 0 spiro atoms. The van der Waals surface area contributed by atoms with Crippen molar-refractivity contribution in [1.82, 2.24) is 25.3 Å². The van der Waals surface area contributed by atoms with Crippen molar-refractivity contribution >= 4 is 11.8 Å². The molecule has 3 saturated heterocycles. The van der Waals surface area contributed by atoms with Crippen LogP contribution in [0.15, 0.2) is 34.9 Å². The van der Waals surface area contributed by atoms with Crippen molar-refractivity contribution in [1.29, 1.82) is 0 Å². The molecule has 182 valence electrons. The van der Waals surface area contributed by atoms with Crippen LogP contribution in [0.1, 0.15) is 50.8 Å². The molecule has 5 rings (SSSR count). The van der Waals surface area contributed by atoms with Crippen molar-refractivity contribution < 1.29 is 14.1 Å². The first kappa shape index (κ1) is 23.0. The van der Waals surface area contributed by atoms with Gasteiger partial charge < -0.3 is 19.6 Å². The number of carbonyl (C=O) groups is 2. The van der Waals surface area contributed by atoms with Crippen LogP contribution >= 0.6 is 0 Å². The van der Waals surface area contributed by atoms with Crippen LogP contribution < -0.4 is 5.32 Å². The van der Waals surface area contributed by atoms with Gasteiger partial charge in [0.1, 0.15) is 0 Å². The highest BCUT2D eigenvalue weighted by atomic mass is 16.5. The van der Waals surface area contributed by atoms with E-state index in [1.165, 1.54) is 6.42 Å². The first-order chi connectivity index (χ1) is 16.7. The lowest BCUT2D eigenvalue weighted by atomic mass is 9.79. The molecule has 2 bridgehead atoms. The van der Waals surface area contributed by atoms with Gasteiger partial charge in [-0.2, -0.15) is 4.98 Å². The summed E-state index contributed by atoms with van der Waals surface area (Å²) in [7, 11) is 0. The molecular weight excluding hydrogens is 430 g/mol. The minimum absolute atomic E-state index is 0.166. The number of nitrogens with zero attached hydrogens (tertiary/aromatic N) is 4. The summed E-state index contributed by atoms with van der Waals surface area (Å²) in [6.07, 6.45) is 6.88. The lowest BCUT2D eigenvalue weighted by molar-refractivity contribution is -0.135. The van der Waals surface area contributed by atoms with E-state index in [0.717, 1.165) is 64.0 Å². The molecule has 2 aromatic rings. The normalized spacial score (nSPS) is 24.4. The number of rotatable bonds is 8. The number of likely N-dealkylation sites (tertiary alicyclic amines) is 2. The van der Waals surface area contributed by atoms with Gasteiger partial charge in [0, 0.05) is 57.0 Å². The summed E-state index contributed by atoms with van der Waals surface area (Å²) in [4.78, 5) is 33.9. The van der Waals surface area contributed by atoms with E-state index < -0.39 is 0 Å². The second-order valence-corrected chi connectivity index (χ2v) is 10.0. The average molecular weight is 466 g/mol. The molecule has 1 aromatic heterocycles. The van der Waals surface area contributed by atoms with Crippen LogP contribution in [0.4, 0.5) is 0 Å². The van der Waals surface area contributed by atoms with Crippen molar-refractivity contribution in [3.63, 3.8) is 0 Å². The molecule has 34 heavy (non-hydrogen) atoms. The van der Waals surface area contributed by atoms with Gasteiger partial charge in [-0.3, -0.25) is 9.59 Å². The fourth-order valence-electron chi connectivity index (χ4n) is 5.74. The molecule has 0 aliphatic carbocycles. The summed E-state index contributed by atoms with van der Waals surface area (Å²) in [5.41, 5.74) is 0.911. The number of fused-ring (bicyclic) bond motifs is 2. The molecule has 0 radical (unpaired) electrons. The van der Waals surface area contributed by atoms with Gasteiger partial charge in [-0.05, 0) is 50.5 Å². The molecule has 3 aliphatic heterocycles. The number of aryl methyl sites for hydroxylation is 1. The Morgan fingerprint density at radius 2 is 1.82 bits per heavy atom. The average Bonchev–Trinajstić information content (AvgIpc) is 3.57. The Hall–Kier alpha value is -2.74. The predicted molar refractivity (Wildman–Crippen MR) is 128 cm³/mol. The second kappa shape index (κ2) is 10.7. The largest absolute Gasteiger partial charge is 0.343 e. The monoisotopic (exact) mass is 465 g/mol. The van der Waals surface area contributed by atoms with E-state index >= 15 is 0 Å². The number of amides is 2. The van der Waals surface area contributed by atoms with Crippen LogP contribution in [-0.4, -0.2) is 70.5 Å². The first-order valence-electron chi connectivity index (χ1n) is 12.8. The van der Waals surface area contributed by atoms with E-state index in [1.54, 1.807) is 0 Å². The van der Waals surface area contributed by atoms with E-state index in [-0.39, 0.29) is 5.91 Å². The molecule has 3 atom stereocenters. The van der Waals surface area contributed by atoms with Crippen LogP contribution in [0, 0.1) is 11.8 Å². The number of benzene rings is 1. The number of aromatic nitrogens is 2. The zero-order valence-corrected chi connectivity index (χ0v) is 19.8. The molecule has 0 saturated carbocycles. The van der Waals surface area contributed by atoms with Crippen LogP contribution in [0.3, 0.4) is 0 Å². The number of carbonyl (C=O) groups excluding carboxylic acids is 2. The lowest BCUT2D eigenvalue weighted by Gasteiger charge is -2.46. The third-order valence-corrected chi connectivity index (χ3v) is 7.58. The zero-order valence-electron chi connectivity index (χ0n) is 19.8. The van der Waals surface area contributed by atoms with Crippen molar-refractivity contribution in [3.05, 3.63) is 36.2 Å². The maximum absolute atomic E-state index is 13.0. The Morgan fingerprint density at radius 1 is 1.03 bits per heavy atom. The Morgan fingerprint density at radius 3 is 2.65 bits per heavy atom. The smallest absolute Gasteiger partial charge is 0.227 e. The van der Waals surface area contributed by atoms with E-state index in [2.05, 4.69) is 15.5 Å². The Labute approximate surface area is 201 Å². The third kappa shape index (κ3) is 5.49. The highest BCUT2D eigenvalue weighted by molar-refractivity contribution is 5.77. The van der Waals surface area contributed by atoms with Crippen molar-refractivity contribution in [2.45, 2.75) is 57.4 Å². The van der Waals surface area contributed by atoms with Gasteiger partial charge in [0.05, 0.1) is 0 Å². The van der Waals surface area contributed by atoms with E-state index in [0.29, 0.717) is 54.8 Å². The molecule has 2 amide bonds. The summed E-state index contributed by atoms with van der Waals surface area (Å²) in [6.45, 7) is 4.43. The van der Waals surface area contributed by atoms with Crippen molar-refractivity contribution in [2.75, 3.05) is 32.7 Å². The molecular formula is C26H35N5O3. The minimum atomic E-state index is 0.166. The number of hydrogen-bond donors (Lipinski definition) is 1. The molecule has 8 heteroatoms. The van der Waals surface area contributed by atoms with E-state index in [1.807, 2.05) is 40.1 Å². The zero-order chi connectivity index (χ0) is 23.3. The first-order valence-corrected chi connectivity index (χ1v) is 12.8. The molecule has 3 aliphatic rings. The van der Waals surface area contributed by atoms with Gasteiger partial charge in [0.25, 0.3) is 0 Å². The predicted octanol–water partition coefficient (Wildman–Crippen LogP) is 2.90. The summed E-state index contributed by atoms with van der Waals surface area (Å²) < 4.78 is 5.38. The van der Waals surface area contributed by atoms with Gasteiger partial charge in [-0.25, -0.2) is 0 Å². The van der Waals surface area contributed by atoms with E-state index in [9.17, 15) is 9.59 Å². The van der Waals surface area contributed by atoms with Crippen LogP contribution in [0.25, 0.3) is 11.4 Å². The van der Waals surface area contributed by atoms with Gasteiger partial charge in [-0.15, -0.1) is 0 Å². The molecule has 8 nitrogen and oxygen atoms in total. The Balaban J connectivity index is 1.09. The molecule has 1 N–H and O–H groups in total. The Bertz CT molecular complexity index is 972. The molecule has 0 unspecified atom stereocenters. The summed E-state index contributed by atoms with van der Waals surface area (Å²) in [5.74, 6) is 2.52. The van der Waals surface area contributed by atoms with Gasteiger partial charge in [-0.1, -0.05) is 35.5 Å². The van der Waals surface area contributed by atoms with Gasteiger partial charge in [0.15, 0.2) is 0 Å². The fourth-order valence-corrected chi connectivity index (χ4v) is 5.74. The maximum atomic E-state index is 13.0. The quantitative estimate of drug-likeness (QED) is 0.645. The highest BCUT2D eigenvalue weighted by Crippen LogP contribution is 2.31. The maximum Gasteiger partial charge on any atom is 0.227 e.